The molecule has 0 N–H and O–H groups in total. The van der Waals surface area contributed by atoms with Crippen LogP contribution in [-0.4, -0.2) is 29.6 Å². The summed E-state index contributed by atoms with van der Waals surface area (Å²) in [5, 5.41) is 0. The zero-order valence-electron chi connectivity index (χ0n) is 12.9. The molecule has 0 aromatic heterocycles. The van der Waals surface area contributed by atoms with Crippen LogP contribution in [0.2, 0.25) is 0 Å². The molecule has 1 atom stereocenters. The molecule has 1 fully saturated rings. The topological polar surface area (TPSA) is 55.8 Å². The Balaban J connectivity index is 2.21. The summed E-state index contributed by atoms with van der Waals surface area (Å²) in [5.74, 6) is 0.553. The lowest BCUT2D eigenvalue weighted by Gasteiger charge is -2.27. The van der Waals surface area contributed by atoms with E-state index in [-0.39, 0.29) is 11.9 Å². The Hall–Kier alpha value is -2.04. The standard InChI is InChI=1S/C16H21NO4/c1-16(2,3)21-15(19)17-13(9-10-14(17)18)11-5-7-12(20-4)8-6-11/h5-8,13H,9-10H2,1-4H3. The van der Waals surface area contributed by atoms with Gasteiger partial charge in [-0.2, -0.15) is 0 Å². The number of hydrogen-bond acceptors (Lipinski definition) is 4. The van der Waals surface area contributed by atoms with Gasteiger partial charge in [0.2, 0.25) is 5.91 Å². The summed E-state index contributed by atoms with van der Waals surface area (Å²) in [5.41, 5.74) is 0.289. The van der Waals surface area contributed by atoms with Crippen LogP contribution in [0.3, 0.4) is 0 Å². The van der Waals surface area contributed by atoms with Crippen molar-refractivity contribution in [3.8, 4) is 5.75 Å². The number of amides is 2. The van der Waals surface area contributed by atoms with Gasteiger partial charge in [-0.05, 0) is 44.9 Å². The fourth-order valence-corrected chi connectivity index (χ4v) is 2.37. The van der Waals surface area contributed by atoms with Gasteiger partial charge in [0.1, 0.15) is 11.4 Å². The van der Waals surface area contributed by atoms with Crippen LogP contribution in [0.25, 0.3) is 0 Å². The van der Waals surface area contributed by atoms with E-state index in [2.05, 4.69) is 0 Å². The normalized spacial score (nSPS) is 18.8. The maximum absolute atomic E-state index is 12.2. The summed E-state index contributed by atoms with van der Waals surface area (Å²) in [4.78, 5) is 25.5. The molecule has 0 radical (unpaired) electrons. The van der Waals surface area contributed by atoms with Crippen LogP contribution in [0.1, 0.15) is 45.2 Å². The van der Waals surface area contributed by atoms with Crippen LogP contribution in [0.5, 0.6) is 5.75 Å². The molecule has 114 valence electrons. The van der Waals surface area contributed by atoms with E-state index in [4.69, 9.17) is 9.47 Å². The molecule has 1 unspecified atom stereocenters. The van der Waals surface area contributed by atoms with Crippen LogP contribution in [0.15, 0.2) is 24.3 Å². The average Bonchev–Trinajstić information content (AvgIpc) is 2.79. The van der Waals surface area contributed by atoms with Gasteiger partial charge in [-0.15, -0.1) is 0 Å². The number of imide groups is 1. The van der Waals surface area contributed by atoms with E-state index in [9.17, 15) is 9.59 Å². The second-order valence-corrected chi connectivity index (χ2v) is 6.07. The molecule has 0 saturated carbocycles. The molecule has 1 aliphatic rings. The van der Waals surface area contributed by atoms with Crippen molar-refractivity contribution in [3.05, 3.63) is 29.8 Å². The Kier molecular flexibility index (Phi) is 4.21. The summed E-state index contributed by atoms with van der Waals surface area (Å²) in [6.45, 7) is 5.36. The van der Waals surface area contributed by atoms with E-state index in [0.717, 1.165) is 11.3 Å². The largest absolute Gasteiger partial charge is 0.497 e. The van der Waals surface area contributed by atoms with Crippen molar-refractivity contribution in [2.45, 2.75) is 45.3 Å². The molecule has 1 aromatic rings. The van der Waals surface area contributed by atoms with Gasteiger partial charge in [0, 0.05) is 6.42 Å². The first-order chi connectivity index (χ1) is 9.81. The van der Waals surface area contributed by atoms with Gasteiger partial charge >= 0.3 is 6.09 Å². The third kappa shape index (κ3) is 3.54. The fraction of sp³-hybridized carbons (Fsp3) is 0.500. The molecular formula is C16H21NO4. The molecule has 1 heterocycles. The molecule has 1 saturated heterocycles. The highest BCUT2D eigenvalue weighted by atomic mass is 16.6. The zero-order valence-corrected chi connectivity index (χ0v) is 12.9. The number of ether oxygens (including phenoxy) is 2. The van der Waals surface area contributed by atoms with E-state index < -0.39 is 11.7 Å². The average molecular weight is 291 g/mol. The fourth-order valence-electron chi connectivity index (χ4n) is 2.37. The molecular weight excluding hydrogens is 270 g/mol. The molecule has 1 aliphatic heterocycles. The van der Waals surface area contributed by atoms with Gasteiger partial charge in [-0.1, -0.05) is 12.1 Å². The Labute approximate surface area is 124 Å². The van der Waals surface area contributed by atoms with Gasteiger partial charge in [0.25, 0.3) is 0 Å². The first-order valence-electron chi connectivity index (χ1n) is 7.01. The van der Waals surface area contributed by atoms with E-state index >= 15 is 0 Å². The van der Waals surface area contributed by atoms with E-state index in [1.165, 1.54) is 4.90 Å². The first kappa shape index (κ1) is 15.4. The van der Waals surface area contributed by atoms with Crippen LogP contribution in [0.4, 0.5) is 4.79 Å². The van der Waals surface area contributed by atoms with Crippen molar-refractivity contribution in [3.63, 3.8) is 0 Å². The first-order valence-corrected chi connectivity index (χ1v) is 7.01. The molecule has 0 bridgehead atoms. The lowest BCUT2D eigenvalue weighted by Crippen LogP contribution is -2.38. The van der Waals surface area contributed by atoms with Crippen molar-refractivity contribution in [1.29, 1.82) is 0 Å². The second-order valence-electron chi connectivity index (χ2n) is 6.07. The Bertz CT molecular complexity index is 530. The smallest absolute Gasteiger partial charge is 0.417 e. The van der Waals surface area contributed by atoms with Crippen molar-refractivity contribution in [2.75, 3.05) is 7.11 Å². The third-order valence-corrected chi connectivity index (χ3v) is 3.30. The Morgan fingerprint density at radius 2 is 1.86 bits per heavy atom. The summed E-state index contributed by atoms with van der Waals surface area (Å²) in [6.07, 6.45) is 0.395. The molecule has 0 spiro atoms. The van der Waals surface area contributed by atoms with Crippen LogP contribution in [0, 0.1) is 0 Å². The highest BCUT2D eigenvalue weighted by molar-refractivity contribution is 5.94. The molecule has 21 heavy (non-hydrogen) atoms. The number of carbonyl (C=O) groups is 2. The van der Waals surface area contributed by atoms with Gasteiger partial charge in [0.15, 0.2) is 0 Å². The van der Waals surface area contributed by atoms with Gasteiger partial charge in [0.05, 0.1) is 13.2 Å². The number of hydrogen-bond donors (Lipinski definition) is 0. The number of likely N-dealkylation sites (tertiary alicyclic amines) is 1. The molecule has 5 heteroatoms. The maximum Gasteiger partial charge on any atom is 0.417 e. The predicted molar refractivity (Wildman–Crippen MR) is 78.0 cm³/mol. The van der Waals surface area contributed by atoms with Crippen molar-refractivity contribution < 1.29 is 19.1 Å². The lowest BCUT2D eigenvalue weighted by molar-refractivity contribution is -0.128. The molecule has 2 rings (SSSR count). The lowest BCUT2D eigenvalue weighted by atomic mass is 10.0. The van der Waals surface area contributed by atoms with E-state index in [1.807, 2.05) is 24.3 Å². The van der Waals surface area contributed by atoms with Crippen molar-refractivity contribution >= 4 is 12.0 Å². The number of benzene rings is 1. The molecule has 0 aliphatic carbocycles. The number of rotatable bonds is 2. The van der Waals surface area contributed by atoms with Crippen molar-refractivity contribution in [2.24, 2.45) is 0 Å². The summed E-state index contributed by atoms with van der Waals surface area (Å²) in [6, 6.07) is 7.13. The van der Waals surface area contributed by atoms with Gasteiger partial charge in [-0.3, -0.25) is 4.79 Å². The van der Waals surface area contributed by atoms with Crippen LogP contribution >= 0.6 is 0 Å². The number of methoxy groups -OCH3 is 1. The van der Waals surface area contributed by atoms with E-state index in [1.54, 1.807) is 27.9 Å². The molecule has 2 amide bonds. The molecule has 5 nitrogen and oxygen atoms in total. The quantitative estimate of drug-likeness (QED) is 0.839. The summed E-state index contributed by atoms with van der Waals surface area (Å²) >= 11 is 0. The minimum Gasteiger partial charge on any atom is -0.497 e. The minimum atomic E-state index is -0.621. The van der Waals surface area contributed by atoms with Crippen LogP contribution < -0.4 is 4.74 Å². The second kappa shape index (κ2) is 5.76. The van der Waals surface area contributed by atoms with Crippen molar-refractivity contribution in [1.82, 2.24) is 4.90 Å². The van der Waals surface area contributed by atoms with Gasteiger partial charge in [-0.25, -0.2) is 9.69 Å². The number of nitrogens with zero attached hydrogens (tertiary/aromatic N) is 1. The summed E-state index contributed by atoms with van der Waals surface area (Å²) < 4.78 is 10.5. The highest BCUT2D eigenvalue weighted by Crippen LogP contribution is 2.34. The summed E-state index contributed by atoms with van der Waals surface area (Å²) in [7, 11) is 1.60. The highest BCUT2D eigenvalue weighted by Gasteiger charge is 2.39. The van der Waals surface area contributed by atoms with E-state index in [0.29, 0.717) is 12.8 Å². The predicted octanol–water partition coefficient (Wildman–Crippen LogP) is 3.29. The molecule has 1 aromatic carbocycles. The number of carbonyl (C=O) groups excluding carboxylic acids is 2. The third-order valence-electron chi connectivity index (χ3n) is 3.30. The Morgan fingerprint density at radius 1 is 1.24 bits per heavy atom. The minimum absolute atomic E-state index is 0.190. The van der Waals surface area contributed by atoms with Gasteiger partial charge < -0.3 is 9.47 Å². The SMILES string of the molecule is COc1ccc(C2CCC(=O)N2C(=O)OC(C)(C)C)cc1. The van der Waals surface area contributed by atoms with Crippen LogP contribution in [-0.2, 0) is 9.53 Å². The zero-order chi connectivity index (χ0) is 15.6. The maximum atomic E-state index is 12.2. The monoisotopic (exact) mass is 291 g/mol. The Morgan fingerprint density at radius 3 is 2.38 bits per heavy atom.